The summed E-state index contributed by atoms with van der Waals surface area (Å²) in [7, 11) is 1.65. The molecule has 3 nitrogen and oxygen atoms in total. The van der Waals surface area contributed by atoms with Crippen molar-refractivity contribution in [3.05, 3.63) is 70.8 Å². The molecular weight excluding hydrogens is 310 g/mol. The summed E-state index contributed by atoms with van der Waals surface area (Å²) in [6.07, 6.45) is 0. The van der Waals surface area contributed by atoms with Crippen LogP contribution in [0, 0.1) is 23.3 Å². The highest BCUT2D eigenvalue weighted by molar-refractivity contribution is 5.81. The summed E-state index contributed by atoms with van der Waals surface area (Å²) >= 11 is 0. The molecule has 2 N–H and O–H groups in total. The zero-order chi connectivity index (χ0) is 16.8. The second kappa shape index (κ2) is 5.26. The van der Waals surface area contributed by atoms with E-state index in [1.54, 1.807) is 11.9 Å². The monoisotopic (exact) mass is 323 g/mol. The van der Waals surface area contributed by atoms with Crippen LogP contribution in [-0.2, 0) is 5.54 Å². The third-order valence-electron chi connectivity index (χ3n) is 3.90. The van der Waals surface area contributed by atoms with Gasteiger partial charge in [-0.2, -0.15) is 0 Å². The zero-order valence-electron chi connectivity index (χ0n) is 12.2. The molecule has 0 spiro atoms. The summed E-state index contributed by atoms with van der Waals surface area (Å²) in [5, 5.41) is 0. The number of aliphatic imine (C=N–C) groups is 1. The Labute approximate surface area is 130 Å². The van der Waals surface area contributed by atoms with Crippen LogP contribution < -0.4 is 5.73 Å². The summed E-state index contributed by atoms with van der Waals surface area (Å²) < 4.78 is 54.2. The summed E-state index contributed by atoms with van der Waals surface area (Å²) in [5.74, 6) is -3.52. The lowest BCUT2D eigenvalue weighted by Crippen LogP contribution is -2.35. The van der Waals surface area contributed by atoms with E-state index >= 15 is 0 Å². The van der Waals surface area contributed by atoms with Crippen LogP contribution in [0.15, 0.2) is 41.4 Å². The predicted octanol–water partition coefficient (Wildman–Crippen LogP) is 2.75. The van der Waals surface area contributed by atoms with Gasteiger partial charge in [-0.05, 0) is 35.4 Å². The Morgan fingerprint density at radius 2 is 1.61 bits per heavy atom. The molecule has 0 aromatic heterocycles. The second-order valence-corrected chi connectivity index (χ2v) is 5.47. The maximum absolute atomic E-state index is 13.7. The first-order valence-corrected chi connectivity index (χ1v) is 6.80. The van der Waals surface area contributed by atoms with Crippen LogP contribution >= 0.6 is 0 Å². The van der Waals surface area contributed by atoms with Crippen LogP contribution in [0.5, 0.6) is 0 Å². The van der Waals surface area contributed by atoms with Gasteiger partial charge in [0.2, 0.25) is 0 Å². The number of guanidine groups is 1. The fourth-order valence-corrected chi connectivity index (χ4v) is 2.76. The molecule has 2 aromatic carbocycles. The Morgan fingerprint density at radius 3 is 2.13 bits per heavy atom. The van der Waals surface area contributed by atoms with Gasteiger partial charge in [0.15, 0.2) is 17.6 Å². The van der Waals surface area contributed by atoms with Crippen LogP contribution in [0.2, 0.25) is 0 Å². The van der Waals surface area contributed by atoms with Crippen molar-refractivity contribution in [1.82, 2.24) is 4.90 Å². The largest absolute Gasteiger partial charge is 0.370 e. The van der Waals surface area contributed by atoms with Gasteiger partial charge in [-0.1, -0.05) is 6.07 Å². The number of hydrogen-bond donors (Lipinski definition) is 1. The Balaban J connectivity index is 2.25. The normalized spacial score (nSPS) is 20.7. The van der Waals surface area contributed by atoms with E-state index in [-0.39, 0.29) is 23.6 Å². The number of nitrogens with two attached hydrogens (primary N) is 1. The lowest BCUT2D eigenvalue weighted by molar-refractivity contribution is 0.424. The minimum absolute atomic E-state index is 0.138. The highest BCUT2D eigenvalue weighted by atomic mass is 19.2. The van der Waals surface area contributed by atoms with Crippen molar-refractivity contribution >= 4 is 5.96 Å². The molecule has 1 aliphatic rings. The lowest BCUT2D eigenvalue weighted by atomic mass is 9.83. The first kappa shape index (κ1) is 15.3. The van der Waals surface area contributed by atoms with E-state index in [1.807, 2.05) is 0 Å². The van der Waals surface area contributed by atoms with Gasteiger partial charge in [0.1, 0.15) is 17.2 Å². The van der Waals surface area contributed by atoms with E-state index in [0.717, 1.165) is 30.3 Å². The smallest absolute Gasteiger partial charge is 0.192 e. The number of likely N-dealkylation sites (N-methyl/N-ethyl adjacent to an activating group) is 1. The van der Waals surface area contributed by atoms with E-state index in [1.165, 1.54) is 6.07 Å². The molecule has 0 fully saturated rings. The number of hydrogen-bond acceptors (Lipinski definition) is 3. The molecule has 0 amide bonds. The van der Waals surface area contributed by atoms with Gasteiger partial charge < -0.3 is 10.6 Å². The number of nitrogens with zero attached hydrogens (tertiary/aromatic N) is 2. The third kappa shape index (κ3) is 2.52. The molecule has 0 radical (unpaired) electrons. The molecule has 3 rings (SSSR count). The first-order chi connectivity index (χ1) is 10.8. The van der Waals surface area contributed by atoms with E-state index in [4.69, 9.17) is 5.73 Å². The number of rotatable bonds is 2. The van der Waals surface area contributed by atoms with Gasteiger partial charge in [-0.15, -0.1) is 0 Å². The average molecular weight is 323 g/mol. The van der Waals surface area contributed by atoms with Crippen LogP contribution in [-0.4, -0.2) is 24.5 Å². The van der Waals surface area contributed by atoms with Crippen LogP contribution in [0.1, 0.15) is 11.1 Å². The van der Waals surface area contributed by atoms with Crippen molar-refractivity contribution in [3.63, 3.8) is 0 Å². The van der Waals surface area contributed by atoms with Gasteiger partial charge in [0, 0.05) is 13.1 Å². The zero-order valence-corrected chi connectivity index (χ0v) is 12.2. The minimum Gasteiger partial charge on any atom is -0.370 e. The Kier molecular flexibility index (Phi) is 3.50. The molecule has 23 heavy (non-hydrogen) atoms. The lowest BCUT2D eigenvalue weighted by Gasteiger charge is -2.28. The van der Waals surface area contributed by atoms with E-state index in [9.17, 15) is 17.6 Å². The molecule has 0 aliphatic carbocycles. The molecule has 0 bridgehead atoms. The molecule has 7 heteroatoms. The van der Waals surface area contributed by atoms with Gasteiger partial charge in [-0.25, -0.2) is 22.6 Å². The van der Waals surface area contributed by atoms with Crippen molar-refractivity contribution in [3.8, 4) is 0 Å². The van der Waals surface area contributed by atoms with Crippen molar-refractivity contribution in [1.29, 1.82) is 0 Å². The quantitative estimate of drug-likeness (QED) is 0.864. The maximum Gasteiger partial charge on any atom is 0.192 e. The van der Waals surface area contributed by atoms with Crippen LogP contribution in [0.3, 0.4) is 0 Å². The molecule has 1 aliphatic heterocycles. The summed E-state index contributed by atoms with van der Waals surface area (Å²) in [6.45, 7) is 0.146. The maximum atomic E-state index is 13.7. The standard InChI is InChI=1S/C16H13F4N3/c1-23-8-16(22-15(23)21,9-2-3-13(19)14(20)6-9)10-4-11(17)7-12(18)5-10/h2-7H,8H2,1H3,(H2,21,22). The molecule has 1 heterocycles. The van der Waals surface area contributed by atoms with Crippen molar-refractivity contribution < 1.29 is 17.6 Å². The summed E-state index contributed by atoms with van der Waals surface area (Å²) in [4.78, 5) is 5.87. The van der Waals surface area contributed by atoms with E-state index in [2.05, 4.69) is 4.99 Å². The van der Waals surface area contributed by atoms with Crippen LogP contribution in [0.25, 0.3) is 0 Å². The molecule has 0 saturated heterocycles. The summed E-state index contributed by atoms with van der Waals surface area (Å²) in [6, 6.07) is 6.20. The Bertz CT molecular complexity index is 786. The SMILES string of the molecule is CN1CC(c2cc(F)cc(F)c2)(c2ccc(F)c(F)c2)N=C1N. The number of benzene rings is 2. The molecular formula is C16H13F4N3. The predicted molar refractivity (Wildman–Crippen MR) is 77.7 cm³/mol. The van der Waals surface area contributed by atoms with Gasteiger partial charge in [-0.3, -0.25) is 0 Å². The molecule has 1 atom stereocenters. The average Bonchev–Trinajstić information content (AvgIpc) is 2.78. The van der Waals surface area contributed by atoms with Crippen molar-refractivity contribution in [2.24, 2.45) is 10.7 Å². The second-order valence-electron chi connectivity index (χ2n) is 5.47. The fraction of sp³-hybridized carbons (Fsp3) is 0.188. The molecule has 120 valence electrons. The highest BCUT2D eigenvalue weighted by Gasteiger charge is 2.41. The van der Waals surface area contributed by atoms with Crippen LogP contribution in [0.4, 0.5) is 17.6 Å². The van der Waals surface area contributed by atoms with Gasteiger partial charge in [0.25, 0.3) is 0 Å². The molecule has 2 aromatic rings. The third-order valence-corrected chi connectivity index (χ3v) is 3.90. The van der Waals surface area contributed by atoms with Gasteiger partial charge in [0.05, 0.1) is 6.54 Å². The topological polar surface area (TPSA) is 41.6 Å². The molecule has 1 unspecified atom stereocenters. The van der Waals surface area contributed by atoms with Gasteiger partial charge >= 0.3 is 0 Å². The minimum atomic E-state index is -1.31. The fourth-order valence-electron chi connectivity index (χ4n) is 2.76. The molecule has 0 saturated carbocycles. The number of halogens is 4. The van der Waals surface area contributed by atoms with E-state index < -0.39 is 28.8 Å². The Hall–Kier alpha value is -2.57. The summed E-state index contributed by atoms with van der Waals surface area (Å²) in [5.41, 5.74) is 4.92. The van der Waals surface area contributed by atoms with Crippen molar-refractivity contribution in [2.45, 2.75) is 5.54 Å². The Morgan fingerprint density at radius 1 is 0.957 bits per heavy atom. The first-order valence-electron chi connectivity index (χ1n) is 6.80. The van der Waals surface area contributed by atoms with Crippen molar-refractivity contribution in [2.75, 3.05) is 13.6 Å². The van der Waals surface area contributed by atoms with E-state index in [0.29, 0.717) is 0 Å². The highest BCUT2D eigenvalue weighted by Crippen LogP contribution is 2.39.